The van der Waals surface area contributed by atoms with E-state index >= 15 is 0 Å². The van der Waals surface area contributed by atoms with Gasteiger partial charge in [0.1, 0.15) is 6.61 Å². The maximum Gasteiger partial charge on any atom is 0.246 e. The second-order valence-corrected chi connectivity index (χ2v) is 5.03. The normalized spacial score (nSPS) is 15.9. The molecule has 0 aliphatic heterocycles. The van der Waals surface area contributed by atoms with Crippen molar-refractivity contribution in [3.05, 3.63) is 0 Å². The fourth-order valence-corrected chi connectivity index (χ4v) is 0.747. The SMILES string of the molecule is CCC(C)(O)CNC(=O)COC(C)(C)C. The molecule has 0 aliphatic carbocycles. The Balaban J connectivity index is 3.77. The average Bonchev–Trinajstić information content (AvgIpc) is 2.10. The number of carbonyl (C=O) groups excluding carboxylic acids is 1. The number of hydrogen-bond donors (Lipinski definition) is 2. The zero-order valence-corrected chi connectivity index (χ0v) is 10.4. The predicted octanol–water partition coefficient (Wildman–Crippen LogP) is 1.08. The van der Waals surface area contributed by atoms with Crippen molar-refractivity contribution in [2.45, 2.75) is 52.2 Å². The summed E-state index contributed by atoms with van der Waals surface area (Å²) >= 11 is 0. The molecular formula is C11H23NO3. The van der Waals surface area contributed by atoms with E-state index < -0.39 is 5.60 Å². The molecule has 1 amide bonds. The first-order chi connectivity index (χ1) is 6.66. The molecule has 0 aromatic carbocycles. The summed E-state index contributed by atoms with van der Waals surface area (Å²) in [5.41, 5.74) is -1.15. The van der Waals surface area contributed by atoms with Crippen molar-refractivity contribution in [1.29, 1.82) is 0 Å². The maximum absolute atomic E-state index is 11.3. The number of hydrogen-bond acceptors (Lipinski definition) is 3. The summed E-state index contributed by atoms with van der Waals surface area (Å²) < 4.78 is 5.30. The van der Waals surface area contributed by atoms with Gasteiger partial charge in [0.25, 0.3) is 0 Å². The monoisotopic (exact) mass is 217 g/mol. The van der Waals surface area contributed by atoms with Crippen LogP contribution >= 0.6 is 0 Å². The number of carbonyl (C=O) groups is 1. The van der Waals surface area contributed by atoms with Crippen LogP contribution in [0.2, 0.25) is 0 Å². The van der Waals surface area contributed by atoms with Gasteiger partial charge in [-0.2, -0.15) is 0 Å². The molecule has 0 rings (SSSR count). The van der Waals surface area contributed by atoms with Crippen LogP contribution in [0.5, 0.6) is 0 Å². The van der Waals surface area contributed by atoms with E-state index in [1.807, 2.05) is 27.7 Å². The third kappa shape index (κ3) is 8.39. The lowest BCUT2D eigenvalue weighted by molar-refractivity contribution is -0.131. The first-order valence-corrected chi connectivity index (χ1v) is 5.29. The van der Waals surface area contributed by atoms with Gasteiger partial charge in [-0.15, -0.1) is 0 Å². The van der Waals surface area contributed by atoms with E-state index in [1.165, 1.54) is 0 Å². The second kappa shape index (κ2) is 5.47. The Labute approximate surface area is 92.0 Å². The third-order valence-corrected chi connectivity index (χ3v) is 2.06. The number of amides is 1. The lowest BCUT2D eigenvalue weighted by Crippen LogP contribution is -2.42. The Morgan fingerprint density at radius 1 is 1.33 bits per heavy atom. The molecular weight excluding hydrogens is 194 g/mol. The van der Waals surface area contributed by atoms with Crippen LogP contribution in [0.3, 0.4) is 0 Å². The Hall–Kier alpha value is -0.610. The van der Waals surface area contributed by atoms with Crippen molar-refractivity contribution in [2.24, 2.45) is 0 Å². The van der Waals surface area contributed by atoms with Crippen molar-refractivity contribution in [2.75, 3.05) is 13.2 Å². The fourth-order valence-electron chi connectivity index (χ4n) is 0.747. The molecule has 0 saturated carbocycles. The van der Waals surface area contributed by atoms with Crippen LogP contribution in [0, 0.1) is 0 Å². The molecule has 0 fully saturated rings. The zero-order valence-electron chi connectivity index (χ0n) is 10.4. The van der Waals surface area contributed by atoms with Gasteiger partial charge < -0.3 is 15.2 Å². The zero-order chi connectivity index (χ0) is 12.1. The van der Waals surface area contributed by atoms with E-state index in [0.717, 1.165) is 0 Å². The van der Waals surface area contributed by atoms with Crippen LogP contribution in [-0.4, -0.2) is 35.4 Å². The number of rotatable bonds is 5. The van der Waals surface area contributed by atoms with E-state index in [1.54, 1.807) is 6.92 Å². The molecule has 0 aromatic heterocycles. The minimum Gasteiger partial charge on any atom is -0.388 e. The molecule has 0 saturated heterocycles. The van der Waals surface area contributed by atoms with Gasteiger partial charge in [-0.1, -0.05) is 6.92 Å². The number of aliphatic hydroxyl groups is 1. The van der Waals surface area contributed by atoms with E-state index in [4.69, 9.17) is 4.74 Å². The average molecular weight is 217 g/mol. The van der Waals surface area contributed by atoms with Crippen LogP contribution < -0.4 is 5.32 Å². The summed E-state index contributed by atoms with van der Waals surface area (Å²) in [4.78, 5) is 11.3. The Morgan fingerprint density at radius 2 is 1.87 bits per heavy atom. The minimum atomic E-state index is -0.836. The van der Waals surface area contributed by atoms with Gasteiger partial charge in [0.2, 0.25) is 5.91 Å². The van der Waals surface area contributed by atoms with Crippen LogP contribution in [0.4, 0.5) is 0 Å². The van der Waals surface area contributed by atoms with Gasteiger partial charge in [0.15, 0.2) is 0 Å². The van der Waals surface area contributed by atoms with Crippen LogP contribution in [-0.2, 0) is 9.53 Å². The topological polar surface area (TPSA) is 58.6 Å². The summed E-state index contributed by atoms with van der Waals surface area (Å²) in [6.45, 7) is 9.53. The first-order valence-electron chi connectivity index (χ1n) is 5.29. The highest BCUT2D eigenvalue weighted by Crippen LogP contribution is 2.07. The molecule has 4 nitrogen and oxygen atoms in total. The molecule has 0 aliphatic rings. The highest BCUT2D eigenvalue weighted by Gasteiger charge is 2.19. The summed E-state index contributed by atoms with van der Waals surface area (Å²) in [5.74, 6) is -0.196. The molecule has 1 unspecified atom stereocenters. The Bertz CT molecular complexity index is 206. The number of nitrogens with one attached hydrogen (secondary N) is 1. The van der Waals surface area contributed by atoms with Gasteiger partial charge >= 0.3 is 0 Å². The summed E-state index contributed by atoms with van der Waals surface area (Å²) in [6, 6.07) is 0. The molecule has 0 heterocycles. The molecule has 90 valence electrons. The molecule has 0 radical (unpaired) electrons. The van der Waals surface area contributed by atoms with Gasteiger partial charge in [-0.25, -0.2) is 0 Å². The van der Waals surface area contributed by atoms with Crippen LogP contribution in [0.25, 0.3) is 0 Å². The fraction of sp³-hybridized carbons (Fsp3) is 0.909. The van der Waals surface area contributed by atoms with Gasteiger partial charge in [0, 0.05) is 6.54 Å². The van der Waals surface area contributed by atoms with E-state index in [0.29, 0.717) is 6.42 Å². The van der Waals surface area contributed by atoms with E-state index in [-0.39, 0.29) is 24.7 Å². The lowest BCUT2D eigenvalue weighted by Gasteiger charge is -2.23. The van der Waals surface area contributed by atoms with Gasteiger partial charge in [0.05, 0.1) is 11.2 Å². The van der Waals surface area contributed by atoms with Crippen molar-refractivity contribution in [3.63, 3.8) is 0 Å². The second-order valence-electron chi connectivity index (χ2n) is 5.03. The Morgan fingerprint density at radius 3 is 2.27 bits per heavy atom. The first kappa shape index (κ1) is 14.4. The lowest BCUT2D eigenvalue weighted by atomic mass is 10.0. The molecule has 1 atom stereocenters. The largest absolute Gasteiger partial charge is 0.388 e. The van der Waals surface area contributed by atoms with Crippen molar-refractivity contribution >= 4 is 5.91 Å². The Kier molecular flexibility index (Phi) is 5.24. The molecule has 15 heavy (non-hydrogen) atoms. The minimum absolute atomic E-state index is 0.0310. The van der Waals surface area contributed by atoms with Crippen LogP contribution in [0.15, 0.2) is 0 Å². The quantitative estimate of drug-likeness (QED) is 0.724. The molecule has 0 bridgehead atoms. The van der Waals surface area contributed by atoms with Crippen molar-refractivity contribution in [1.82, 2.24) is 5.32 Å². The van der Waals surface area contributed by atoms with Crippen molar-refractivity contribution in [3.8, 4) is 0 Å². The van der Waals surface area contributed by atoms with Crippen molar-refractivity contribution < 1.29 is 14.6 Å². The molecule has 2 N–H and O–H groups in total. The summed E-state index contributed by atoms with van der Waals surface area (Å²) in [5, 5.41) is 12.3. The van der Waals surface area contributed by atoms with Crippen LogP contribution in [0.1, 0.15) is 41.0 Å². The summed E-state index contributed by atoms with van der Waals surface area (Å²) in [7, 11) is 0. The predicted molar refractivity (Wildman–Crippen MR) is 59.6 cm³/mol. The van der Waals surface area contributed by atoms with E-state index in [2.05, 4.69) is 5.32 Å². The summed E-state index contributed by atoms with van der Waals surface area (Å²) in [6.07, 6.45) is 0.605. The smallest absolute Gasteiger partial charge is 0.246 e. The molecule has 0 spiro atoms. The van der Waals surface area contributed by atoms with Gasteiger partial charge in [-0.05, 0) is 34.1 Å². The standard InChI is InChI=1S/C11H23NO3/c1-6-11(5,14)8-12-9(13)7-15-10(2,3)4/h14H,6-8H2,1-5H3,(H,12,13). The molecule has 0 aromatic rings. The third-order valence-electron chi connectivity index (χ3n) is 2.06. The number of ether oxygens (including phenoxy) is 1. The maximum atomic E-state index is 11.3. The van der Waals surface area contributed by atoms with E-state index in [9.17, 15) is 9.90 Å². The highest BCUT2D eigenvalue weighted by atomic mass is 16.5. The molecule has 4 heteroatoms. The van der Waals surface area contributed by atoms with Gasteiger partial charge in [-0.3, -0.25) is 4.79 Å². The highest BCUT2D eigenvalue weighted by molar-refractivity contribution is 5.77.